The van der Waals surface area contributed by atoms with Crippen LogP contribution in [0.25, 0.3) is 0 Å². The first kappa shape index (κ1) is 15.5. The second-order valence-corrected chi connectivity index (χ2v) is 5.83. The number of aryl methyl sites for hydroxylation is 2. The van der Waals surface area contributed by atoms with Crippen molar-refractivity contribution in [3.8, 4) is 5.75 Å². The van der Waals surface area contributed by atoms with Gasteiger partial charge in [-0.3, -0.25) is 4.79 Å². The van der Waals surface area contributed by atoms with E-state index in [1.165, 1.54) is 6.42 Å². The Morgan fingerprint density at radius 1 is 1.26 bits per heavy atom. The minimum absolute atomic E-state index is 0.00580. The third-order valence-corrected chi connectivity index (χ3v) is 4.08. The van der Waals surface area contributed by atoms with Crippen LogP contribution in [-0.2, 0) is 24.3 Å². The first-order chi connectivity index (χ1) is 11.2. The molecule has 6 heteroatoms. The van der Waals surface area contributed by atoms with E-state index in [1.807, 2.05) is 31.2 Å². The van der Waals surface area contributed by atoms with Gasteiger partial charge in [-0.15, -0.1) is 10.2 Å². The molecule has 23 heavy (non-hydrogen) atoms. The molecule has 0 radical (unpaired) electrons. The van der Waals surface area contributed by atoms with Crippen molar-refractivity contribution in [1.82, 2.24) is 20.1 Å². The SMILES string of the molecule is Cc1ccccc1OCC(=O)NCc1nnc2n1CCCCC2. The van der Waals surface area contributed by atoms with Crippen molar-refractivity contribution in [1.29, 1.82) is 0 Å². The minimum atomic E-state index is -0.153. The molecule has 1 aromatic heterocycles. The van der Waals surface area contributed by atoms with Crippen LogP contribution in [0.3, 0.4) is 0 Å². The van der Waals surface area contributed by atoms with Crippen LogP contribution in [0.15, 0.2) is 24.3 Å². The average molecular weight is 314 g/mol. The van der Waals surface area contributed by atoms with Gasteiger partial charge in [0, 0.05) is 13.0 Å². The highest BCUT2D eigenvalue weighted by molar-refractivity contribution is 5.77. The number of nitrogens with zero attached hydrogens (tertiary/aromatic N) is 3. The van der Waals surface area contributed by atoms with E-state index in [0.717, 1.165) is 48.8 Å². The number of nitrogens with one attached hydrogen (secondary N) is 1. The maximum atomic E-state index is 12.0. The second-order valence-electron chi connectivity index (χ2n) is 5.83. The number of hydrogen-bond donors (Lipinski definition) is 1. The fourth-order valence-electron chi connectivity index (χ4n) is 2.77. The lowest BCUT2D eigenvalue weighted by molar-refractivity contribution is -0.123. The van der Waals surface area contributed by atoms with Crippen LogP contribution < -0.4 is 10.1 Å². The number of fused-ring (bicyclic) bond motifs is 1. The Morgan fingerprint density at radius 3 is 3.00 bits per heavy atom. The third-order valence-electron chi connectivity index (χ3n) is 4.08. The zero-order valence-corrected chi connectivity index (χ0v) is 13.4. The van der Waals surface area contributed by atoms with Crippen molar-refractivity contribution in [3.05, 3.63) is 41.5 Å². The molecule has 1 aliphatic heterocycles. The van der Waals surface area contributed by atoms with Gasteiger partial charge < -0.3 is 14.6 Å². The summed E-state index contributed by atoms with van der Waals surface area (Å²) in [5.74, 6) is 2.44. The quantitative estimate of drug-likeness (QED) is 0.916. The number of hydrogen-bond acceptors (Lipinski definition) is 4. The lowest BCUT2D eigenvalue weighted by Crippen LogP contribution is -2.29. The molecular weight excluding hydrogens is 292 g/mol. The summed E-state index contributed by atoms with van der Waals surface area (Å²) in [6, 6.07) is 7.66. The molecule has 0 fully saturated rings. The highest BCUT2D eigenvalue weighted by atomic mass is 16.5. The topological polar surface area (TPSA) is 69.0 Å². The zero-order chi connectivity index (χ0) is 16.1. The van der Waals surface area contributed by atoms with Crippen LogP contribution in [0.1, 0.15) is 36.5 Å². The van der Waals surface area contributed by atoms with E-state index in [-0.39, 0.29) is 12.5 Å². The number of carbonyl (C=O) groups excluding carboxylic acids is 1. The maximum absolute atomic E-state index is 12.0. The molecule has 6 nitrogen and oxygen atoms in total. The third kappa shape index (κ3) is 3.88. The Kier molecular flexibility index (Phi) is 4.90. The van der Waals surface area contributed by atoms with E-state index in [4.69, 9.17) is 4.74 Å². The van der Waals surface area contributed by atoms with Crippen molar-refractivity contribution < 1.29 is 9.53 Å². The Bertz CT molecular complexity index is 681. The summed E-state index contributed by atoms with van der Waals surface area (Å²) >= 11 is 0. The summed E-state index contributed by atoms with van der Waals surface area (Å²) in [4.78, 5) is 12.0. The molecule has 3 rings (SSSR count). The Balaban J connectivity index is 1.51. The minimum Gasteiger partial charge on any atom is -0.484 e. The monoisotopic (exact) mass is 314 g/mol. The van der Waals surface area contributed by atoms with E-state index in [9.17, 15) is 4.79 Å². The van der Waals surface area contributed by atoms with Gasteiger partial charge in [-0.25, -0.2) is 0 Å². The summed E-state index contributed by atoms with van der Waals surface area (Å²) in [7, 11) is 0. The van der Waals surface area contributed by atoms with Crippen molar-refractivity contribution in [2.45, 2.75) is 45.7 Å². The fraction of sp³-hybridized carbons (Fsp3) is 0.471. The van der Waals surface area contributed by atoms with Gasteiger partial charge in [0.05, 0.1) is 6.54 Å². The van der Waals surface area contributed by atoms with Gasteiger partial charge in [0.2, 0.25) is 0 Å². The Hall–Kier alpha value is -2.37. The van der Waals surface area contributed by atoms with Crippen LogP contribution in [0.2, 0.25) is 0 Å². The Labute approximate surface area is 135 Å². The number of aromatic nitrogens is 3. The molecule has 0 spiro atoms. The molecular formula is C17H22N4O2. The second kappa shape index (κ2) is 7.26. The first-order valence-electron chi connectivity index (χ1n) is 8.10. The molecule has 0 saturated carbocycles. The molecule has 0 bridgehead atoms. The number of para-hydroxylation sites is 1. The molecule has 1 aliphatic rings. The molecule has 1 N–H and O–H groups in total. The predicted molar refractivity (Wildman–Crippen MR) is 86.1 cm³/mol. The smallest absolute Gasteiger partial charge is 0.258 e. The maximum Gasteiger partial charge on any atom is 0.258 e. The molecule has 2 heterocycles. The number of ether oxygens (including phenoxy) is 1. The standard InChI is InChI=1S/C17H22N4O2/c1-13-7-4-5-8-14(13)23-12-17(22)18-11-16-20-19-15-9-3-2-6-10-21(15)16/h4-5,7-8H,2-3,6,9-12H2,1H3,(H,18,22). The van der Waals surface area contributed by atoms with Gasteiger partial charge in [-0.05, 0) is 31.4 Å². The number of benzene rings is 1. The molecule has 0 saturated heterocycles. The summed E-state index contributed by atoms with van der Waals surface area (Å²) in [6.07, 6.45) is 4.49. The van der Waals surface area contributed by atoms with Crippen molar-refractivity contribution in [2.24, 2.45) is 0 Å². The van der Waals surface area contributed by atoms with E-state index in [2.05, 4.69) is 20.1 Å². The largest absolute Gasteiger partial charge is 0.484 e. The number of carbonyl (C=O) groups is 1. The normalized spacial score (nSPS) is 14.0. The fourth-order valence-corrected chi connectivity index (χ4v) is 2.77. The van der Waals surface area contributed by atoms with Crippen LogP contribution in [0, 0.1) is 6.92 Å². The van der Waals surface area contributed by atoms with Crippen LogP contribution in [-0.4, -0.2) is 27.3 Å². The zero-order valence-electron chi connectivity index (χ0n) is 13.4. The van der Waals surface area contributed by atoms with Crippen LogP contribution in [0.5, 0.6) is 5.75 Å². The highest BCUT2D eigenvalue weighted by Crippen LogP contribution is 2.16. The lowest BCUT2D eigenvalue weighted by Gasteiger charge is -2.10. The van der Waals surface area contributed by atoms with Gasteiger partial charge >= 0.3 is 0 Å². The molecule has 2 aromatic rings. The van der Waals surface area contributed by atoms with E-state index in [0.29, 0.717) is 6.54 Å². The molecule has 0 atom stereocenters. The molecule has 0 aliphatic carbocycles. The van der Waals surface area contributed by atoms with Crippen molar-refractivity contribution in [2.75, 3.05) is 6.61 Å². The Morgan fingerprint density at radius 2 is 2.13 bits per heavy atom. The molecule has 1 amide bonds. The molecule has 122 valence electrons. The van der Waals surface area contributed by atoms with Crippen molar-refractivity contribution in [3.63, 3.8) is 0 Å². The summed E-state index contributed by atoms with van der Waals surface area (Å²) in [6.45, 7) is 3.29. The van der Waals surface area contributed by atoms with Gasteiger partial charge in [0.15, 0.2) is 12.4 Å². The van der Waals surface area contributed by atoms with Gasteiger partial charge in [0.1, 0.15) is 11.6 Å². The molecule has 1 aromatic carbocycles. The van der Waals surface area contributed by atoms with Gasteiger partial charge in [0.25, 0.3) is 5.91 Å². The first-order valence-corrected chi connectivity index (χ1v) is 8.10. The van der Waals surface area contributed by atoms with E-state index < -0.39 is 0 Å². The van der Waals surface area contributed by atoms with E-state index >= 15 is 0 Å². The molecule has 0 unspecified atom stereocenters. The van der Waals surface area contributed by atoms with E-state index in [1.54, 1.807) is 0 Å². The summed E-state index contributed by atoms with van der Waals surface area (Å²) < 4.78 is 7.68. The summed E-state index contributed by atoms with van der Waals surface area (Å²) in [5, 5.41) is 11.3. The van der Waals surface area contributed by atoms with Crippen LogP contribution >= 0.6 is 0 Å². The predicted octanol–water partition coefficient (Wildman–Crippen LogP) is 2.01. The highest BCUT2D eigenvalue weighted by Gasteiger charge is 2.15. The number of rotatable bonds is 5. The lowest BCUT2D eigenvalue weighted by atomic mass is 10.2. The average Bonchev–Trinajstić information content (AvgIpc) is 2.78. The van der Waals surface area contributed by atoms with Gasteiger partial charge in [-0.2, -0.15) is 0 Å². The summed E-state index contributed by atoms with van der Waals surface area (Å²) in [5.41, 5.74) is 1.02. The van der Waals surface area contributed by atoms with Crippen LogP contribution in [0.4, 0.5) is 0 Å². The van der Waals surface area contributed by atoms with Gasteiger partial charge in [-0.1, -0.05) is 24.6 Å². The van der Waals surface area contributed by atoms with Crippen molar-refractivity contribution >= 4 is 5.91 Å². The number of amides is 1.